The molecule has 1 fully saturated rings. The van der Waals surface area contributed by atoms with Crippen LogP contribution in [0.3, 0.4) is 0 Å². The Morgan fingerprint density at radius 3 is 2.50 bits per heavy atom. The van der Waals surface area contributed by atoms with Crippen LogP contribution in [0.2, 0.25) is 0 Å². The second-order valence-electron chi connectivity index (χ2n) is 8.49. The molecular formula is C23H26N4O3S2. The molecule has 2 aliphatic carbocycles. The summed E-state index contributed by atoms with van der Waals surface area (Å²) >= 11 is 3.43. The smallest absolute Gasteiger partial charge is 0.274 e. The third-order valence-corrected chi connectivity index (χ3v) is 8.63. The van der Waals surface area contributed by atoms with E-state index in [0.717, 1.165) is 46.1 Å². The number of aryl methyl sites for hydroxylation is 2. The molecule has 9 heteroatoms. The van der Waals surface area contributed by atoms with Crippen LogP contribution in [0.15, 0.2) is 24.3 Å². The molecule has 2 aromatic heterocycles. The van der Waals surface area contributed by atoms with E-state index in [1.807, 2.05) is 19.1 Å². The molecule has 2 aliphatic rings. The Labute approximate surface area is 194 Å². The molecule has 0 saturated heterocycles. The zero-order valence-electron chi connectivity index (χ0n) is 17.8. The van der Waals surface area contributed by atoms with Gasteiger partial charge in [0.15, 0.2) is 10.0 Å². The molecule has 1 aromatic carbocycles. The lowest BCUT2D eigenvalue weighted by molar-refractivity contribution is 0.0706. The average molecular weight is 471 g/mol. The third-order valence-electron chi connectivity index (χ3n) is 6.10. The quantitative estimate of drug-likeness (QED) is 0.230. The first-order valence-corrected chi connectivity index (χ1v) is 12.6. The first-order chi connectivity index (χ1) is 15.5. The van der Waals surface area contributed by atoms with Crippen molar-refractivity contribution >= 4 is 28.6 Å². The van der Waals surface area contributed by atoms with Crippen LogP contribution < -0.4 is 10.8 Å². The number of carbonyl (C=O) groups excluding carboxylic acids is 1. The Morgan fingerprint density at radius 1 is 1.09 bits per heavy atom. The molecule has 2 heterocycles. The number of aliphatic hydroxyl groups is 1. The number of hydrogen-bond acceptors (Lipinski definition) is 8. The lowest BCUT2D eigenvalue weighted by Crippen LogP contribution is -2.25. The fourth-order valence-corrected chi connectivity index (χ4v) is 6.55. The second kappa shape index (κ2) is 8.99. The number of hydroxylamine groups is 1. The van der Waals surface area contributed by atoms with Gasteiger partial charge in [-0.3, -0.25) is 15.3 Å². The summed E-state index contributed by atoms with van der Waals surface area (Å²) in [5, 5.41) is 24.9. The lowest BCUT2D eigenvalue weighted by atomic mass is 10.0. The highest BCUT2D eigenvalue weighted by Crippen LogP contribution is 2.48. The molecule has 4 N–H and O–H groups in total. The molecular weight excluding hydrogens is 444 g/mol. The summed E-state index contributed by atoms with van der Waals surface area (Å²) < 4.78 is 0. The number of nitrogens with one attached hydrogen (secondary N) is 2. The van der Waals surface area contributed by atoms with Crippen molar-refractivity contribution in [1.29, 1.82) is 0 Å². The number of nitrogens with zero attached hydrogens (tertiary/aromatic N) is 2. The summed E-state index contributed by atoms with van der Waals surface area (Å²) in [5.41, 5.74) is 4.87. The van der Waals surface area contributed by atoms with Gasteiger partial charge in [-0.05, 0) is 69.1 Å². The average Bonchev–Trinajstić information content (AvgIpc) is 3.41. The van der Waals surface area contributed by atoms with Crippen LogP contribution in [0.25, 0.3) is 10.0 Å². The van der Waals surface area contributed by atoms with Crippen molar-refractivity contribution in [2.45, 2.75) is 63.6 Å². The number of carbonyl (C=O) groups is 1. The molecule has 168 valence electrons. The highest BCUT2D eigenvalue weighted by atomic mass is 32.1. The number of rotatable bonds is 7. The summed E-state index contributed by atoms with van der Waals surface area (Å²) in [6, 6.07) is 6.76. The van der Waals surface area contributed by atoms with Crippen LogP contribution in [0.5, 0.6) is 0 Å². The van der Waals surface area contributed by atoms with Crippen LogP contribution in [-0.2, 0) is 12.8 Å². The van der Waals surface area contributed by atoms with E-state index < -0.39 is 12.1 Å². The Bertz CT molecular complexity index is 1100. The van der Waals surface area contributed by atoms with E-state index in [9.17, 15) is 9.90 Å². The maximum absolute atomic E-state index is 11.5. The lowest BCUT2D eigenvalue weighted by Gasteiger charge is -2.19. The number of fused-ring (bicyclic) bond motifs is 1. The van der Waals surface area contributed by atoms with Gasteiger partial charge in [-0.2, -0.15) is 0 Å². The minimum atomic E-state index is -0.888. The topological polar surface area (TPSA) is 107 Å². The van der Waals surface area contributed by atoms with Crippen LogP contribution in [0.4, 0.5) is 0 Å². The number of thiazole rings is 2. The predicted octanol–water partition coefficient (Wildman–Crippen LogP) is 4.48. The zero-order valence-corrected chi connectivity index (χ0v) is 19.4. The summed E-state index contributed by atoms with van der Waals surface area (Å²) in [7, 11) is 0. The van der Waals surface area contributed by atoms with E-state index in [2.05, 4.69) is 5.32 Å². The first kappa shape index (κ1) is 21.7. The highest BCUT2D eigenvalue weighted by Gasteiger charge is 2.33. The maximum atomic E-state index is 11.5. The van der Waals surface area contributed by atoms with Gasteiger partial charge in [-0.25, -0.2) is 15.4 Å². The van der Waals surface area contributed by atoms with Crippen molar-refractivity contribution in [3.63, 3.8) is 0 Å². The number of hydrogen-bond donors (Lipinski definition) is 4. The molecule has 5 rings (SSSR count). The van der Waals surface area contributed by atoms with Crippen molar-refractivity contribution < 1.29 is 15.1 Å². The van der Waals surface area contributed by atoms with Crippen molar-refractivity contribution in [2.75, 3.05) is 0 Å². The van der Waals surface area contributed by atoms with Gasteiger partial charge in [0.05, 0.1) is 11.4 Å². The molecule has 0 bridgehead atoms. The van der Waals surface area contributed by atoms with Crippen LogP contribution in [0, 0.1) is 0 Å². The van der Waals surface area contributed by atoms with Gasteiger partial charge in [0.1, 0.15) is 6.23 Å². The SMILES string of the molecule is C[C@H](NC(O)c1nc(-c2nc3c(s2)CCCC3)sc1C1CC1)c1ccc(C(=O)NO)cc1. The van der Waals surface area contributed by atoms with E-state index in [4.69, 9.17) is 15.2 Å². The monoisotopic (exact) mass is 470 g/mol. The van der Waals surface area contributed by atoms with Gasteiger partial charge in [-0.15, -0.1) is 22.7 Å². The largest absolute Gasteiger partial charge is 0.373 e. The van der Waals surface area contributed by atoms with E-state index in [1.165, 1.54) is 23.4 Å². The van der Waals surface area contributed by atoms with Gasteiger partial charge >= 0.3 is 0 Å². The number of amides is 1. The van der Waals surface area contributed by atoms with E-state index in [1.54, 1.807) is 40.3 Å². The third kappa shape index (κ3) is 4.35. The van der Waals surface area contributed by atoms with Crippen LogP contribution in [0.1, 0.15) is 87.9 Å². The zero-order chi connectivity index (χ0) is 22.2. The summed E-state index contributed by atoms with van der Waals surface area (Å²) in [5.74, 6) is -0.0704. The normalized spacial score (nSPS) is 17.6. The van der Waals surface area contributed by atoms with Crippen LogP contribution in [-0.4, -0.2) is 26.2 Å². The Hall–Kier alpha value is -2.17. The van der Waals surface area contributed by atoms with Gasteiger partial charge in [0.2, 0.25) is 0 Å². The van der Waals surface area contributed by atoms with Crippen LogP contribution >= 0.6 is 22.7 Å². The van der Waals surface area contributed by atoms with E-state index in [-0.39, 0.29) is 6.04 Å². The fraction of sp³-hybridized carbons (Fsp3) is 0.435. The van der Waals surface area contributed by atoms with Gasteiger partial charge in [0, 0.05) is 21.4 Å². The molecule has 3 aromatic rings. The molecule has 0 spiro atoms. The first-order valence-electron chi connectivity index (χ1n) is 11.0. The van der Waals surface area contributed by atoms with E-state index >= 15 is 0 Å². The Balaban J connectivity index is 1.35. The summed E-state index contributed by atoms with van der Waals surface area (Å²) in [6.07, 6.45) is 6.00. The maximum Gasteiger partial charge on any atom is 0.274 e. The molecule has 0 aliphatic heterocycles. The minimum absolute atomic E-state index is 0.152. The van der Waals surface area contributed by atoms with Crippen molar-refractivity contribution in [3.05, 3.63) is 56.5 Å². The Morgan fingerprint density at radius 2 is 1.81 bits per heavy atom. The van der Waals surface area contributed by atoms with Crippen molar-refractivity contribution in [3.8, 4) is 10.0 Å². The molecule has 1 saturated carbocycles. The standard InChI is InChI=1S/C23H26N4O3S2/c1-12(13-6-10-15(11-7-13)20(28)27-30)24-21(29)18-19(14-8-9-14)32-23(26-18)22-25-16-4-2-3-5-17(16)31-22/h6-7,10-12,14,21,24,29-30H,2-5,8-9H2,1H3,(H,27,28)/t12-,21?/m0/s1. The number of aromatic nitrogens is 2. The highest BCUT2D eigenvalue weighted by molar-refractivity contribution is 7.21. The molecule has 2 atom stereocenters. The molecule has 7 nitrogen and oxygen atoms in total. The molecule has 1 amide bonds. The van der Waals surface area contributed by atoms with Gasteiger partial charge in [0.25, 0.3) is 5.91 Å². The Kier molecular flexibility index (Phi) is 6.09. The fourth-order valence-electron chi connectivity index (χ4n) is 4.11. The molecule has 1 unspecified atom stereocenters. The minimum Gasteiger partial charge on any atom is -0.373 e. The van der Waals surface area contributed by atoms with Gasteiger partial charge < -0.3 is 5.11 Å². The van der Waals surface area contributed by atoms with E-state index in [0.29, 0.717) is 17.2 Å². The summed E-state index contributed by atoms with van der Waals surface area (Å²) in [4.78, 5) is 23.8. The number of benzene rings is 1. The predicted molar refractivity (Wildman–Crippen MR) is 124 cm³/mol. The van der Waals surface area contributed by atoms with Gasteiger partial charge in [-0.1, -0.05) is 12.1 Å². The molecule has 32 heavy (non-hydrogen) atoms. The molecule has 0 radical (unpaired) electrons. The van der Waals surface area contributed by atoms with Crippen molar-refractivity contribution in [1.82, 2.24) is 20.8 Å². The second-order valence-corrected chi connectivity index (χ2v) is 10.6. The number of aliphatic hydroxyl groups excluding tert-OH is 1. The van der Waals surface area contributed by atoms with Crippen molar-refractivity contribution in [2.24, 2.45) is 0 Å². The summed E-state index contributed by atoms with van der Waals surface area (Å²) in [6.45, 7) is 1.96.